The van der Waals surface area contributed by atoms with Gasteiger partial charge in [0.15, 0.2) is 11.0 Å². The monoisotopic (exact) mass is 382 g/mol. The summed E-state index contributed by atoms with van der Waals surface area (Å²) in [5.41, 5.74) is 10.2. The van der Waals surface area contributed by atoms with Crippen molar-refractivity contribution in [1.82, 2.24) is 9.38 Å². The summed E-state index contributed by atoms with van der Waals surface area (Å²) in [6.07, 6.45) is 1.93. The molecule has 0 aliphatic carbocycles. The van der Waals surface area contributed by atoms with E-state index in [9.17, 15) is 0 Å². The van der Waals surface area contributed by atoms with E-state index in [1.165, 1.54) is 49.7 Å². The lowest BCUT2D eigenvalue weighted by atomic mass is 9.90. The third-order valence-corrected chi connectivity index (χ3v) is 6.34. The quantitative estimate of drug-likeness (QED) is 0.264. The normalized spacial score (nSPS) is 12.4. The second-order valence-electron chi connectivity index (χ2n) is 8.87. The van der Waals surface area contributed by atoms with Crippen LogP contribution < -0.4 is 4.57 Å². The van der Waals surface area contributed by atoms with Gasteiger partial charge in [-0.3, -0.25) is 4.98 Å². The van der Waals surface area contributed by atoms with Crippen LogP contribution in [0.5, 0.6) is 0 Å². The van der Waals surface area contributed by atoms with Gasteiger partial charge in [0.1, 0.15) is 5.52 Å². The average molecular weight is 383 g/mol. The molecule has 0 N–H and O–H groups in total. The number of aromatic nitrogens is 3. The van der Waals surface area contributed by atoms with Crippen molar-refractivity contribution in [3.8, 4) is 0 Å². The Kier molecular flexibility index (Phi) is 3.92. The highest BCUT2D eigenvalue weighted by Crippen LogP contribution is 2.35. The first-order valence-electron chi connectivity index (χ1n) is 10.5. The number of rotatable bonds is 2. The molecule has 3 aromatic heterocycles. The van der Waals surface area contributed by atoms with Crippen molar-refractivity contribution in [2.45, 2.75) is 46.5 Å². The molecule has 0 amide bonds. The van der Waals surface area contributed by atoms with Crippen LogP contribution in [0.2, 0.25) is 0 Å². The first kappa shape index (κ1) is 18.1. The highest BCUT2D eigenvalue weighted by molar-refractivity contribution is 6.11. The number of fused-ring (bicyclic) bond motifs is 8. The van der Waals surface area contributed by atoms with E-state index in [-0.39, 0.29) is 0 Å². The number of para-hydroxylation sites is 1. The first-order chi connectivity index (χ1) is 13.9. The molecule has 5 rings (SSSR count). The van der Waals surface area contributed by atoms with E-state index in [1.54, 1.807) is 0 Å². The summed E-state index contributed by atoms with van der Waals surface area (Å²) < 4.78 is 4.80. The molecule has 5 aromatic rings. The molecule has 0 fully saturated rings. The molecule has 0 radical (unpaired) electrons. The molecule has 0 unspecified atom stereocenters. The fourth-order valence-electron chi connectivity index (χ4n) is 4.87. The zero-order valence-electron chi connectivity index (χ0n) is 18.1. The van der Waals surface area contributed by atoms with Gasteiger partial charge in [-0.25, -0.2) is 4.57 Å². The number of pyridine rings is 2. The fraction of sp³-hybridized carbons (Fsp3) is 0.308. The van der Waals surface area contributed by atoms with Crippen LogP contribution in [0.15, 0.2) is 48.7 Å². The van der Waals surface area contributed by atoms with E-state index < -0.39 is 0 Å². The Morgan fingerprint density at radius 1 is 0.897 bits per heavy atom. The Hall–Kier alpha value is -2.94. The highest BCUT2D eigenvalue weighted by Gasteiger charge is 2.26. The Morgan fingerprint density at radius 2 is 1.59 bits per heavy atom. The Labute approximate surface area is 171 Å². The summed E-state index contributed by atoms with van der Waals surface area (Å²) in [6.45, 7) is 11.4. The van der Waals surface area contributed by atoms with Crippen molar-refractivity contribution < 1.29 is 4.57 Å². The van der Waals surface area contributed by atoms with Crippen LogP contribution in [-0.4, -0.2) is 9.38 Å². The molecule has 2 aromatic carbocycles. The predicted molar refractivity (Wildman–Crippen MR) is 122 cm³/mol. The van der Waals surface area contributed by atoms with Crippen LogP contribution >= 0.6 is 0 Å². The van der Waals surface area contributed by atoms with Gasteiger partial charge in [0.2, 0.25) is 0 Å². The van der Waals surface area contributed by atoms with Gasteiger partial charge in [0.05, 0.1) is 18.0 Å². The van der Waals surface area contributed by atoms with E-state index in [4.69, 9.17) is 4.98 Å². The Balaban J connectivity index is 2.14. The van der Waals surface area contributed by atoms with Gasteiger partial charge in [-0.1, -0.05) is 39.8 Å². The standard InChI is InChI=1S/C26H28N3/c1-15(2)19-13-22-23(14-20(19)16(3)4)29-21-10-8-7-9-18(21)25-24(26(29)28(22)6)17(5)11-12-27-25/h7-16H,1-6H3/q+1. The maximum Gasteiger partial charge on any atom is 0.297 e. The molecule has 3 heterocycles. The number of hydrogen-bond acceptors (Lipinski definition) is 1. The minimum Gasteiger partial charge on any atom is -0.255 e. The summed E-state index contributed by atoms with van der Waals surface area (Å²) in [5.74, 6) is 0.986. The molecule has 0 bridgehead atoms. The smallest absolute Gasteiger partial charge is 0.255 e. The zero-order chi connectivity index (χ0) is 20.4. The molecule has 0 aliphatic rings. The van der Waals surface area contributed by atoms with Crippen LogP contribution in [-0.2, 0) is 7.05 Å². The number of imidazole rings is 1. The number of hydrogen-bond donors (Lipinski definition) is 0. The van der Waals surface area contributed by atoms with Gasteiger partial charge >= 0.3 is 0 Å². The van der Waals surface area contributed by atoms with Crippen molar-refractivity contribution >= 4 is 38.5 Å². The lowest BCUT2D eigenvalue weighted by Crippen LogP contribution is -2.28. The SMILES string of the molecule is Cc1ccnc2c3ccccc3n3c4cc(C(C)C)c(C(C)C)cc4[n+](C)c3c12. The van der Waals surface area contributed by atoms with Gasteiger partial charge in [-0.2, -0.15) is 4.40 Å². The maximum absolute atomic E-state index is 4.80. The summed E-state index contributed by atoms with van der Waals surface area (Å²) in [4.78, 5) is 4.80. The number of nitrogens with zero attached hydrogens (tertiary/aromatic N) is 3. The zero-order valence-corrected chi connectivity index (χ0v) is 18.1. The van der Waals surface area contributed by atoms with Crippen LogP contribution in [0.1, 0.15) is 56.2 Å². The fourth-order valence-corrected chi connectivity index (χ4v) is 4.87. The largest absolute Gasteiger partial charge is 0.297 e. The molecule has 0 atom stereocenters. The lowest BCUT2D eigenvalue weighted by Gasteiger charge is -2.15. The molecule has 3 heteroatoms. The summed E-state index contributed by atoms with van der Waals surface area (Å²) in [5, 5.41) is 2.44. The van der Waals surface area contributed by atoms with Crippen LogP contribution in [0, 0.1) is 6.92 Å². The van der Waals surface area contributed by atoms with E-state index in [2.05, 4.69) is 93.1 Å². The van der Waals surface area contributed by atoms with Gasteiger partial charge in [-0.15, -0.1) is 0 Å². The van der Waals surface area contributed by atoms with E-state index in [0.29, 0.717) is 11.8 Å². The van der Waals surface area contributed by atoms with Gasteiger partial charge < -0.3 is 0 Å². The minimum absolute atomic E-state index is 0.489. The number of aryl methyl sites for hydroxylation is 2. The molecular formula is C26H28N3+. The van der Waals surface area contributed by atoms with Crippen molar-refractivity contribution in [2.75, 3.05) is 0 Å². The third-order valence-electron chi connectivity index (χ3n) is 6.34. The second kappa shape index (κ2) is 6.28. The molecule has 0 aliphatic heterocycles. The third kappa shape index (κ3) is 2.43. The van der Waals surface area contributed by atoms with E-state index in [0.717, 1.165) is 5.52 Å². The van der Waals surface area contributed by atoms with Gasteiger partial charge in [0.25, 0.3) is 5.65 Å². The summed E-state index contributed by atoms with van der Waals surface area (Å²) >= 11 is 0. The van der Waals surface area contributed by atoms with E-state index in [1.807, 2.05) is 6.20 Å². The summed E-state index contributed by atoms with van der Waals surface area (Å²) in [6, 6.07) is 15.6. The Bertz CT molecular complexity index is 1420. The molecule has 3 nitrogen and oxygen atoms in total. The topological polar surface area (TPSA) is 21.2 Å². The van der Waals surface area contributed by atoms with Crippen molar-refractivity contribution in [3.05, 3.63) is 65.4 Å². The Morgan fingerprint density at radius 3 is 2.31 bits per heavy atom. The molecular weight excluding hydrogens is 354 g/mol. The predicted octanol–water partition coefficient (Wildman–Crippen LogP) is 6.17. The van der Waals surface area contributed by atoms with Crippen molar-refractivity contribution in [2.24, 2.45) is 7.05 Å². The second-order valence-corrected chi connectivity index (χ2v) is 8.87. The van der Waals surface area contributed by atoms with Crippen molar-refractivity contribution in [3.63, 3.8) is 0 Å². The number of benzene rings is 2. The molecule has 146 valence electrons. The van der Waals surface area contributed by atoms with Gasteiger partial charge in [-0.05, 0) is 65.8 Å². The molecule has 0 saturated heterocycles. The van der Waals surface area contributed by atoms with Crippen molar-refractivity contribution in [1.29, 1.82) is 0 Å². The van der Waals surface area contributed by atoms with Crippen LogP contribution in [0.3, 0.4) is 0 Å². The highest BCUT2D eigenvalue weighted by atomic mass is 15.1. The molecule has 0 saturated carbocycles. The molecule has 29 heavy (non-hydrogen) atoms. The molecule has 0 spiro atoms. The minimum atomic E-state index is 0.489. The average Bonchev–Trinajstić information content (AvgIpc) is 2.99. The lowest BCUT2D eigenvalue weighted by molar-refractivity contribution is -0.617. The van der Waals surface area contributed by atoms with E-state index >= 15 is 0 Å². The van der Waals surface area contributed by atoms with Crippen LogP contribution in [0.25, 0.3) is 38.5 Å². The van der Waals surface area contributed by atoms with Gasteiger partial charge in [0, 0.05) is 11.6 Å². The summed E-state index contributed by atoms with van der Waals surface area (Å²) in [7, 11) is 2.19. The van der Waals surface area contributed by atoms with Crippen LogP contribution in [0.4, 0.5) is 0 Å². The maximum atomic E-state index is 4.80. The first-order valence-corrected chi connectivity index (χ1v) is 10.5.